The largest absolute Gasteiger partial charge is 0.466 e. The second kappa shape index (κ2) is 8.32. The van der Waals surface area contributed by atoms with Crippen molar-refractivity contribution in [2.45, 2.75) is 20.3 Å². The molecule has 0 aliphatic carbocycles. The SMILES string of the molecule is CCOC(=O)CCN(C)CC(=O)Nc1ccc(C)cc1. The van der Waals surface area contributed by atoms with Crippen LogP contribution in [0.15, 0.2) is 24.3 Å². The van der Waals surface area contributed by atoms with E-state index in [9.17, 15) is 9.59 Å². The molecule has 0 heterocycles. The topological polar surface area (TPSA) is 58.6 Å². The monoisotopic (exact) mass is 278 g/mol. The van der Waals surface area contributed by atoms with Gasteiger partial charge in [0.2, 0.25) is 5.91 Å². The minimum Gasteiger partial charge on any atom is -0.466 e. The quantitative estimate of drug-likeness (QED) is 0.773. The molecule has 1 aromatic carbocycles. The maximum absolute atomic E-state index is 11.8. The molecule has 110 valence electrons. The molecule has 0 atom stereocenters. The number of ether oxygens (including phenoxy) is 1. The number of hydrogen-bond donors (Lipinski definition) is 1. The molecule has 0 bridgehead atoms. The average molecular weight is 278 g/mol. The van der Waals surface area contributed by atoms with E-state index in [2.05, 4.69) is 5.32 Å². The van der Waals surface area contributed by atoms with Gasteiger partial charge in [-0.05, 0) is 33.0 Å². The van der Waals surface area contributed by atoms with E-state index >= 15 is 0 Å². The van der Waals surface area contributed by atoms with Crippen LogP contribution in [0.3, 0.4) is 0 Å². The highest BCUT2D eigenvalue weighted by Crippen LogP contribution is 2.08. The molecule has 0 radical (unpaired) electrons. The number of anilines is 1. The molecular weight excluding hydrogens is 256 g/mol. The Labute approximate surface area is 119 Å². The van der Waals surface area contributed by atoms with Gasteiger partial charge in [0.25, 0.3) is 0 Å². The second-order valence-corrected chi connectivity index (χ2v) is 4.71. The number of hydrogen-bond acceptors (Lipinski definition) is 4. The molecule has 1 amide bonds. The summed E-state index contributed by atoms with van der Waals surface area (Å²) in [4.78, 5) is 24.8. The number of carbonyl (C=O) groups is 2. The summed E-state index contributed by atoms with van der Waals surface area (Å²) in [6.07, 6.45) is 0.294. The van der Waals surface area contributed by atoms with Crippen molar-refractivity contribution in [1.29, 1.82) is 0 Å². The van der Waals surface area contributed by atoms with Gasteiger partial charge in [0.05, 0.1) is 19.6 Å². The molecule has 5 nitrogen and oxygen atoms in total. The molecule has 1 rings (SSSR count). The molecule has 1 N–H and O–H groups in total. The first-order valence-corrected chi connectivity index (χ1v) is 6.72. The number of carbonyl (C=O) groups excluding carboxylic acids is 2. The Bertz CT molecular complexity index is 443. The second-order valence-electron chi connectivity index (χ2n) is 4.71. The van der Waals surface area contributed by atoms with E-state index in [0.717, 1.165) is 11.3 Å². The van der Waals surface area contributed by atoms with Crippen LogP contribution in [-0.4, -0.2) is 43.5 Å². The van der Waals surface area contributed by atoms with E-state index in [-0.39, 0.29) is 18.4 Å². The molecule has 1 aromatic rings. The Morgan fingerprint density at radius 1 is 1.25 bits per heavy atom. The highest BCUT2D eigenvalue weighted by molar-refractivity contribution is 5.92. The zero-order chi connectivity index (χ0) is 15.0. The lowest BCUT2D eigenvalue weighted by Gasteiger charge is -2.15. The van der Waals surface area contributed by atoms with Gasteiger partial charge in [-0.2, -0.15) is 0 Å². The number of aryl methyl sites for hydroxylation is 1. The van der Waals surface area contributed by atoms with Crippen molar-refractivity contribution < 1.29 is 14.3 Å². The van der Waals surface area contributed by atoms with Crippen LogP contribution in [0.4, 0.5) is 5.69 Å². The van der Waals surface area contributed by atoms with E-state index in [1.165, 1.54) is 0 Å². The number of likely N-dealkylation sites (N-methyl/N-ethyl adjacent to an activating group) is 1. The molecule has 5 heteroatoms. The van der Waals surface area contributed by atoms with Crippen LogP contribution in [0.25, 0.3) is 0 Å². The standard InChI is InChI=1S/C15H22N2O3/c1-4-20-15(19)9-10-17(3)11-14(18)16-13-7-5-12(2)6-8-13/h5-8H,4,9-11H2,1-3H3,(H,16,18). The molecule has 0 aliphatic rings. The number of amides is 1. The fourth-order valence-corrected chi connectivity index (χ4v) is 1.68. The highest BCUT2D eigenvalue weighted by atomic mass is 16.5. The van der Waals surface area contributed by atoms with Crippen LogP contribution in [0.5, 0.6) is 0 Å². The maximum Gasteiger partial charge on any atom is 0.307 e. The minimum absolute atomic E-state index is 0.0970. The number of nitrogens with zero attached hydrogens (tertiary/aromatic N) is 1. The summed E-state index contributed by atoms with van der Waals surface area (Å²) in [5.74, 6) is -0.335. The van der Waals surface area contributed by atoms with Gasteiger partial charge in [0.1, 0.15) is 0 Å². The molecule has 0 unspecified atom stereocenters. The van der Waals surface area contributed by atoms with E-state index < -0.39 is 0 Å². The first kappa shape index (κ1) is 16.2. The van der Waals surface area contributed by atoms with Crippen LogP contribution < -0.4 is 5.32 Å². The molecule has 0 aromatic heterocycles. The molecule has 0 saturated carbocycles. The Kier molecular flexibility index (Phi) is 6.73. The fraction of sp³-hybridized carbons (Fsp3) is 0.467. The lowest BCUT2D eigenvalue weighted by atomic mass is 10.2. The maximum atomic E-state index is 11.8. The van der Waals surface area contributed by atoms with Gasteiger partial charge in [-0.1, -0.05) is 17.7 Å². The molecule has 0 aliphatic heterocycles. The van der Waals surface area contributed by atoms with Crippen LogP contribution in [-0.2, 0) is 14.3 Å². The van der Waals surface area contributed by atoms with E-state index in [1.54, 1.807) is 18.9 Å². The van der Waals surface area contributed by atoms with Gasteiger partial charge < -0.3 is 10.1 Å². The van der Waals surface area contributed by atoms with Crippen molar-refractivity contribution in [3.05, 3.63) is 29.8 Å². The molecule has 20 heavy (non-hydrogen) atoms. The van der Waals surface area contributed by atoms with E-state index in [4.69, 9.17) is 4.74 Å². The molecule has 0 spiro atoms. The number of esters is 1. The van der Waals surface area contributed by atoms with Crippen LogP contribution in [0, 0.1) is 6.92 Å². The number of nitrogens with one attached hydrogen (secondary N) is 1. The molecule has 0 saturated heterocycles. The average Bonchev–Trinajstić information content (AvgIpc) is 2.39. The summed E-state index contributed by atoms with van der Waals surface area (Å²) in [5.41, 5.74) is 1.92. The Balaban J connectivity index is 2.30. The van der Waals surface area contributed by atoms with Crippen molar-refractivity contribution >= 4 is 17.6 Å². The number of benzene rings is 1. The predicted octanol–water partition coefficient (Wildman–Crippen LogP) is 1.82. The van der Waals surface area contributed by atoms with Gasteiger partial charge in [-0.3, -0.25) is 14.5 Å². The summed E-state index contributed by atoms with van der Waals surface area (Å²) < 4.78 is 4.84. The zero-order valence-electron chi connectivity index (χ0n) is 12.3. The third-order valence-corrected chi connectivity index (χ3v) is 2.75. The van der Waals surface area contributed by atoms with Crippen molar-refractivity contribution in [3.63, 3.8) is 0 Å². The van der Waals surface area contributed by atoms with E-state index in [0.29, 0.717) is 19.6 Å². The van der Waals surface area contributed by atoms with Crippen molar-refractivity contribution in [3.8, 4) is 0 Å². The minimum atomic E-state index is -0.238. The van der Waals surface area contributed by atoms with Crippen molar-refractivity contribution in [2.24, 2.45) is 0 Å². The highest BCUT2D eigenvalue weighted by Gasteiger charge is 2.09. The molecule has 0 fully saturated rings. The van der Waals surface area contributed by atoms with Gasteiger partial charge in [-0.15, -0.1) is 0 Å². The summed E-state index contributed by atoms with van der Waals surface area (Å²) in [7, 11) is 1.80. The Morgan fingerprint density at radius 3 is 2.50 bits per heavy atom. The first-order chi connectivity index (χ1) is 9.51. The number of rotatable bonds is 7. The van der Waals surface area contributed by atoms with Crippen LogP contribution in [0.2, 0.25) is 0 Å². The normalized spacial score (nSPS) is 10.4. The Hall–Kier alpha value is -1.88. The van der Waals surface area contributed by atoms with E-state index in [1.807, 2.05) is 31.2 Å². The summed E-state index contributed by atoms with van der Waals surface area (Å²) >= 11 is 0. The van der Waals surface area contributed by atoms with Crippen molar-refractivity contribution in [2.75, 3.05) is 32.1 Å². The summed E-state index contributed by atoms with van der Waals surface area (Å²) in [6, 6.07) is 7.62. The van der Waals surface area contributed by atoms with Gasteiger partial charge in [0, 0.05) is 12.2 Å². The summed E-state index contributed by atoms with van der Waals surface area (Å²) in [6.45, 7) is 4.90. The zero-order valence-corrected chi connectivity index (χ0v) is 12.3. The van der Waals surface area contributed by atoms with Gasteiger partial charge in [-0.25, -0.2) is 0 Å². The fourth-order valence-electron chi connectivity index (χ4n) is 1.68. The predicted molar refractivity (Wildman–Crippen MR) is 78.6 cm³/mol. The third kappa shape index (κ3) is 6.33. The van der Waals surface area contributed by atoms with Crippen LogP contribution >= 0.6 is 0 Å². The third-order valence-electron chi connectivity index (χ3n) is 2.75. The van der Waals surface area contributed by atoms with Crippen molar-refractivity contribution in [1.82, 2.24) is 4.90 Å². The Morgan fingerprint density at radius 2 is 1.90 bits per heavy atom. The first-order valence-electron chi connectivity index (χ1n) is 6.72. The smallest absolute Gasteiger partial charge is 0.307 e. The van der Waals surface area contributed by atoms with Crippen LogP contribution in [0.1, 0.15) is 18.9 Å². The lowest BCUT2D eigenvalue weighted by molar-refractivity contribution is -0.143. The lowest BCUT2D eigenvalue weighted by Crippen LogP contribution is -2.32. The summed E-state index contributed by atoms with van der Waals surface area (Å²) in [5, 5.41) is 2.82. The van der Waals surface area contributed by atoms with Gasteiger partial charge in [0.15, 0.2) is 0 Å². The van der Waals surface area contributed by atoms with Gasteiger partial charge >= 0.3 is 5.97 Å². The molecular formula is C15H22N2O3.